The molecule has 1 saturated heterocycles. The number of aryl methyl sites for hydroxylation is 2. The van der Waals surface area contributed by atoms with E-state index in [1.54, 1.807) is 7.11 Å². The molecule has 6 heteroatoms. The number of pyridine rings is 1. The molecule has 1 aliphatic heterocycles. The van der Waals surface area contributed by atoms with E-state index in [1.807, 2.05) is 27.0 Å². The maximum atomic E-state index is 12.3. The molecule has 2 atom stereocenters. The van der Waals surface area contributed by atoms with Crippen LogP contribution in [-0.4, -0.2) is 54.2 Å². The monoisotopic (exact) mass is 307 g/mol. The van der Waals surface area contributed by atoms with Crippen LogP contribution in [0.5, 0.6) is 5.88 Å². The molecular formula is C16H25N3O3. The van der Waals surface area contributed by atoms with Gasteiger partial charge in [-0.15, -0.1) is 0 Å². The van der Waals surface area contributed by atoms with Crippen LogP contribution in [0, 0.1) is 19.8 Å². The van der Waals surface area contributed by atoms with E-state index < -0.39 is 6.10 Å². The Balaban J connectivity index is 2.05. The number of carbonyl (C=O) groups is 1. The van der Waals surface area contributed by atoms with Crippen LogP contribution in [0.3, 0.4) is 0 Å². The summed E-state index contributed by atoms with van der Waals surface area (Å²) < 4.78 is 5.30. The van der Waals surface area contributed by atoms with Crippen molar-refractivity contribution in [3.8, 4) is 5.88 Å². The van der Waals surface area contributed by atoms with Gasteiger partial charge in [0.15, 0.2) is 0 Å². The van der Waals surface area contributed by atoms with Gasteiger partial charge in [0.2, 0.25) is 11.8 Å². The van der Waals surface area contributed by atoms with Crippen LogP contribution in [0.15, 0.2) is 6.07 Å². The number of aliphatic hydroxyl groups is 1. The molecule has 2 heterocycles. The van der Waals surface area contributed by atoms with Gasteiger partial charge in [0, 0.05) is 30.9 Å². The van der Waals surface area contributed by atoms with E-state index in [1.165, 1.54) is 0 Å². The zero-order valence-electron chi connectivity index (χ0n) is 13.7. The summed E-state index contributed by atoms with van der Waals surface area (Å²) in [5.74, 6) is 0.0312. The van der Waals surface area contributed by atoms with E-state index in [4.69, 9.17) is 4.74 Å². The van der Waals surface area contributed by atoms with Gasteiger partial charge in [-0.3, -0.25) is 4.79 Å². The lowest BCUT2D eigenvalue weighted by Crippen LogP contribution is -2.48. The van der Waals surface area contributed by atoms with Gasteiger partial charge in [0.05, 0.1) is 19.1 Å². The highest BCUT2D eigenvalue weighted by atomic mass is 16.5. The summed E-state index contributed by atoms with van der Waals surface area (Å²) in [4.78, 5) is 18.8. The van der Waals surface area contributed by atoms with Crippen molar-refractivity contribution in [2.75, 3.05) is 27.2 Å². The van der Waals surface area contributed by atoms with Crippen molar-refractivity contribution in [1.82, 2.24) is 15.2 Å². The second kappa shape index (κ2) is 7.07. The van der Waals surface area contributed by atoms with Crippen molar-refractivity contribution < 1.29 is 14.6 Å². The van der Waals surface area contributed by atoms with Gasteiger partial charge in [0.1, 0.15) is 0 Å². The third-order valence-corrected chi connectivity index (χ3v) is 4.19. The van der Waals surface area contributed by atoms with E-state index in [-0.39, 0.29) is 11.8 Å². The molecular weight excluding hydrogens is 282 g/mol. The summed E-state index contributed by atoms with van der Waals surface area (Å²) in [6, 6.07) is 1.97. The summed E-state index contributed by atoms with van der Waals surface area (Å²) >= 11 is 0. The summed E-state index contributed by atoms with van der Waals surface area (Å²) in [5.41, 5.74) is 2.79. The van der Waals surface area contributed by atoms with Gasteiger partial charge in [-0.25, -0.2) is 4.98 Å². The number of carbonyl (C=O) groups excluding carboxylic acids is 1. The zero-order chi connectivity index (χ0) is 16.3. The second-order valence-corrected chi connectivity index (χ2v) is 6.01. The number of ether oxygens (including phenoxy) is 1. The lowest BCUT2D eigenvalue weighted by atomic mass is 9.94. The van der Waals surface area contributed by atoms with Crippen LogP contribution in [0.4, 0.5) is 0 Å². The first kappa shape index (κ1) is 16.7. The summed E-state index contributed by atoms with van der Waals surface area (Å²) in [7, 11) is 3.54. The Morgan fingerprint density at radius 1 is 1.55 bits per heavy atom. The zero-order valence-corrected chi connectivity index (χ0v) is 13.7. The molecule has 0 aromatic carbocycles. The highest BCUT2D eigenvalue weighted by molar-refractivity contribution is 5.79. The molecule has 0 bridgehead atoms. The number of aromatic nitrogens is 1. The van der Waals surface area contributed by atoms with Crippen LogP contribution >= 0.6 is 0 Å². The molecule has 2 rings (SSSR count). The number of piperidine rings is 1. The van der Waals surface area contributed by atoms with Crippen LogP contribution in [-0.2, 0) is 11.3 Å². The maximum Gasteiger partial charge on any atom is 0.227 e. The maximum absolute atomic E-state index is 12.3. The van der Waals surface area contributed by atoms with Crippen LogP contribution in [0.2, 0.25) is 0 Å². The van der Waals surface area contributed by atoms with E-state index in [0.29, 0.717) is 25.4 Å². The molecule has 1 amide bonds. The number of rotatable bonds is 4. The molecule has 0 unspecified atom stereocenters. The topological polar surface area (TPSA) is 74.7 Å². The van der Waals surface area contributed by atoms with E-state index >= 15 is 0 Å². The van der Waals surface area contributed by atoms with Crippen LogP contribution in [0.25, 0.3) is 0 Å². The number of nitrogens with zero attached hydrogens (tertiary/aromatic N) is 2. The summed E-state index contributed by atoms with van der Waals surface area (Å²) in [6.07, 6.45) is 0.0542. The lowest BCUT2D eigenvalue weighted by Gasteiger charge is -2.32. The molecule has 1 aliphatic rings. The van der Waals surface area contributed by atoms with E-state index in [9.17, 15) is 9.90 Å². The molecule has 22 heavy (non-hydrogen) atoms. The first-order valence-electron chi connectivity index (χ1n) is 7.57. The molecule has 0 aliphatic carbocycles. The normalized spacial score (nSPS) is 22.4. The fourth-order valence-electron chi connectivity index (χ4n) is 2.88. The Morgan fingerprint density at radius 2 is 2.27 bits per heavy atom. The standard InChI is InChI=1S/C16H25N3O3/c1-10-7-11(2)18-16(22-4)12(10)8-17-15(21)13-9-19(3)6-5-14(13)20/h7,13-14,20H,5-6,8-9H2,1-4H3,(H,17,21)/t13-,14-/m1/s1. The smallest absolute Gasteiger partial charge is 0.227 e. The quantitative estimate of drug-likeness (QED) is 0.854. The van der Waals surface area contributed by atoms with Gasteiger partial charge in [-0.2, -0.15) is 0 Å². The summed E-state index contributed by atoms with van der Waals surface area (Å²) in [6.45, 7) is 5.64. The summed E-state index contributed by atoms with van der Waals surface area (Å²) in [5, 5.41) is 12.9. The van der Waals surface area contributed by atoms with E-state index in [0.717, 1.165) is 23.4 Å². The Bertz CT molecular complexity index is 548. The van der Waals surface area contributed by atoms with Gasteiger partial charge in [-0.05, 0) is 38.9 Å². The number of nitrogens with one attached hydrogen (secondary N) is 1. The molecule has 1 fully saturated rings. The average Bonchev–Trinajstić information content (AvgIpc) is 2.47. The minimum absolute atomic E-state index is 0.124. The number of methoxy groups -OCH3 is 1. The fraction of sp³-hybridized carbons (Fsp3) is 0.625. The third-order valence-electron chi connectivity index (χ3n) is 4.19. The number of amides is 1. The van der Waals surface area contributed by atoms with Gasteiger partial charge >= 0.3 is 0 Å². The van der Waals surface area contributed by atoms with E-state index in [2.05, 4.69) is 15.2 Å². The first-order chi connectivity index (χ1) is 10.4. The van der Waals surface area contributed by atoms with Crippen molar-refractivity contribution in [3.05, 3.63) is 22.9 Å². The van der Waals surface area contributed by atoms with Crippen molar-refractivity contribution in [2.45, 2.75) is 32.9 Å². The number of hydrogen-bond donors (Lipinski definition) is 2. The first-order valence-corrected chi connectivity index (χ1v) is 7.57. The fourth-order valence-corrected chi connectivity index (χ4v) is 2.88. The van der Waals surface area contributed by atoms with Crippen molar-refractivity contribution in [2.24, 2.45) is 5.92 Å². The lowest BCUT2D eigenvalue weighted by molar-refractivity contribution is -0.131. The molecule has 0 radical (unpaired) electrons. The van der Waals surface area contributed by atoms with Crippen molar-refractivity contribution in [3.63, 3.8) is 0 Å². The largest absolute Gasteiger partial charge is 0.481 e. The minimum atomic E-state index is -0.574. The van der Waals surface area contributed by atoms with Crippen molar-refractivity contribution in [1.29, 1.82) is 0 Å². The minimum Gasteiger partial charge on any atom is -0.481 e. The predicted octanol–water partition coefficient (Wildman–Crippen LogP) is 0.636. The van der Waals surface area contributed by atoms with Gasteiger partial charge < -0.3 is 20.1 Å². The number of likely N-dealkylation sites (tertiary alicyclic amines) is 1. The van der Waals surface area contributed by atoms with Gasteiger partial charge in [0.25, 0.3) is 0 Å². The molecule has 6 nitrogen and oxygen atoms in total. The van der Waals surface area contributed by atoms with Crippen molar-refractivity contribution >= 4 is 5.91 Å². The molecule has 0 saturated carbocycles. The molecule has 0 spiro atoms. The SMILES string of the molecule is COc1nc(C)cc(C)c1CNC(=O)[C@@H]1CN(C)CC[C@H]1O. The second-order valence-electron chi connectivity index (χ2n) is 6.01. The van der Waals surface area contributed by atoms with Gasteiger partial charge in [-0.1, -0.05) is 0 Å². The highest BCUT2D eigenvalue weighted by Gasteiger charge is 2.31. The number of hydrogen-bond acceptors (Lipinski definition) is 5. The molecule has 1 aromatic heterocycles. The average molecular weight is 307 g/mol. The Hall–Kier alpha value is -1.66. The van der Waals surface area contributed by atoms with Crippen LogP contribution in [0.1, 0.15) is 23.2 Å². The predicted molar refractivity (Wildman–Crippen MR) is 83.7 cm³/mol. The number of aliphatic hydroxyl groups excluding tert-OH is 1. The Labute approximate surface area is 131 Å². The van der Waals surface area contributed by atoms with Crippen LogP contribution < -0.4 is 10.1 Å². The third kappa shape index (κ3) is 3.75. The molecule has 2 N–H and O–H groups in total. The molecule has 1 aromatic rings. The Kier molecular flexibility index (Phi) is 5.37. The molecule has 122 valence electrons. The highest BCUT2D eigenvalue weighted by Crippen LogP contribution is 2.21. The Morgan fingerprint density at radius 3 is 2.95 bits per heavy atom.